The number of carbonyl (C=O) groups is 1. The number of ether oxygens (including phenoxy) is 1. The van der Waals surface area contributed by atoms with Crippen LogP contribution in [-0.2, 0) is 0 Å². The molecule has 0 saturated heterocycles. The van der Waals surface area contributed by atoms with Crippen LogP contribution in [0.2, 0.25) is 0 Å². The van der Waals surface area contributed by atoms with Crippen LogP contribution >= 0.6 is 0 Å². The Hall–Kier alpha value is -1.55. The van der Waals surface area contributed by atoms with E-state index in [1.54, 1.807) is 14.1 Å². The van der Waals surface area contributed by atoms with Gasteiger partial charge in [0, 0.05) is 20.2 Å². The van der Waals surface area contributed by atoms with Crippen LogP contribution in [-0.4, -0.2) is 46.2 Å². The van der Waals surface area contributed by atoms with E-state index in [9.17, 15) is 4.79 Å². The fourth-order valence-electron chi connectivity index (χ4n) is 1.69. The zero-order valence-corrected chi connectivity index (χ0v) is 13.0. The van der Waals surface area contributed by atoms with E-state index in [4.69, 9.17) is 4.74 Å². The van der Waals surface area contributed by atoms with E-state index >= 15 is 0 Å². The largest absolute Gasteiger partial charge is 0.414 e. The van der Waals surface area contributed by atoms with Gasteiger partial charge in [0.05, 0.1) is 21.1 Å². The maximum atomic E-state index is 11.7. The maximum absolute atomic E-state index is 11.7. The summed E-state index contributed by atoms with van der Waals surface area (Å²) in [6.07, 6.45) is -0.355. The van der Waals surface area contributed by atoms with Gasteiger partial charge in [-0.1, -0.05) is 19.9 Å². The molecule has 0 aliphatic heterocycles. The molecule has 0 unspecified atom stereocenters. The van der Waals surface area contributed by atoms with Crippen LogP contribution in [0, 0.1) is 0 Å². The Morgan fingerprint density at radius 2 is 1.79 bits per heavy atom. The first-order chi connectivity index (χ1) is 8.62. The summed E-state index contributed by atoms with van der Waals surface area (Å²) in [5.74, 6) is 1.07. The zero-order valence-electron chi connectivity index (χ0n) is 13.0. The van der Waals surface area contributed by atoms with E-state index in [-0.39, 0.29) is 6.09 Å². The standard InChI is InChI=1S/C15H25N2O2/c1-11(2)12-8-9-14(19-15(18)16(3)4)13(10-12)17(5,6)7/h8-11H,1-7H3/q+1. The highest BCUT2D eigenvalue weighted by Gasteiger charge is 2.22. The summed E-state index contributed by atoms with van der Waals surface area (Å²) in [5.41, 5.74) is 2.24. The van der Waals surface area contributed by atoms with Gasteiger partial charge in [-0.05, 0) is 17.5 Å². The average Bonchev–Trinajstić information content (AvgIpc) is 2.27. The summed E-state index contributed by atoms with van der Waals surface area (Å²) in [6, 6.07) is 6.01. The van der Waals surface area contributed by atoms with E-state index < -0.39 is 0 Å². The van der Waals surface area contributed by atoms with Crippen LogP contribution < -0.4 is 9.22 Å². The molecule has 0 heterocycles. The summed E-state index contributed by atoms with van der Waals surface area (Å²) in [6.45, 7) is 4.31. The minimum absolute atomic E-state index is 0.355. The van der Waals surface area contributed by atoms with Gasteiger partial charge in [-0.15, -0.1) is 0 Å². The molecule has 0 radical (unpaired) electrons. The van der Waals surface area contributed by atoms with Crippen LogP contribution in [0.5, 0.6) is 5.75 Å². The molecule has 0 aromatic heterocycles. The number of amides is 1. The van der Waals surface area contributed by atoms with E-state index in [1.807, 2.05) is 12.1 Å². The lowest BCUT2D eigenvalue weighted by molar-refractivity contribution is 0.171. The molecule has 0 fully saturated rings. The number of hydrogen-bond acceptors (Lipinski definition) is 2. The Morgan fingerprint density at radius 1 is 1.21 bits per heavy atom. The molecule has 0 N–H and O–H groups in total. The summed E-state index contributed by atoms with van der Waals surface area (Å²) in [7, 11) is 9.54. The lowest BCUT2D eigenvalue weighted by atomic mass is 10.0. The van der Waals surface area contributed by atoms with Crippen LogP contribution in [0.3, 0.4) is 0 Å². The molecule has 0 aliphatic rings. The van der Waals surface area contributed by atoms with Crippen molar-refractivity contribution >= 4 is 11.8 Å². The van der Waals surface area contributed by atoms with Crippen LogP contribution in [0.25, 0.3) is 0 Å². The molecule has 0 aliphatic carbocycles. The van der Waals surface area contributed by atoms with Crippen LogP contribution in [0.4, 0.5) is 10.5 Å². The fraction of sp³-hybridized carbons (Fsp3) is 0.533. The second-order valence-corrected chi connectivity index (χ2v) is 6.16. The van der Waals surface area contributed by atoms with Gasteiger partial charge in [0.15, 0.2) is 11.4 Å². The predicted molar refractivity (Wildman–Crippen MR) is 79.8 cm³/mol. The number of quaternary nitrogens is 1. The SMILES string of the molecule is CC(C)c1ccc(OC(=O)N(C)C)c([N+](C)(C)C)c1. The lowest BCUT2D eigenvalue weighted by Gasteiger charge is -2.26. The van der Waals surface area contributed by atoms with Gasteiger partial charge in [0.25, 0.3) is 0 Å². The molecule has 1 aromatic rings. The van der Waals surface area contributed by atoms with Gasteiger partial charge in [-0.2, -0.15) is 0 Å². The third kappa shape index (κ3) is 3.96. The smallest absolute Gasteiger partial charge is 0.404 e. The first-order valence-electron chi connectivity index (χ1n) is 6.48. The van der Waals surface area contributed by atoms with Gasteiger partial charge >= 0.3 is 6.09 Å². The van der Waals surface area contributed by atoms with E-state index in [2.05, 4.69) is 41.1 Å². The summed E-state index contributed by atoms with van der Waals surface area (Å²) < 4.78 is 6.05. The Kier molecular flexibility index (Phi) is 4.58. The molecule has 0 bridgehead atoms. The van der Waals surface area contributed by atoms with Gasteiger partial charge in [-0.25, -0.2) is 4.79 Å². The number of benzene rings is 1. The molecule has 0 spiro atoms. The van der Waals surface area contributed by atoms with Crippen molar-refractivity contribution in [3.8, 4) is 5.75 Å². The van der Waals surface area contributed by atoms with Gasteiger partial charge in [0.1, 0.15) is 0 Å². The van der Waals surface area contributed by atoms with Crippen molar-refractivity contribution in [2.24, 2.45) is 0 Å². The summed E-state index contributed by atoms with van der Waals surface area (Å²) in [4.78, 5) is 13.1. The Labute approximate surface area is 116 Å². The quantitative estimate of drug-likeness (QED) is 0.786. The topological polar surface area (TPSA) is 29.5 Å². The first-order valence-corrected chi connectivity index (χ1v) is 6.48. The number of nitrogens with zero attached hydrogens (tertiary/aromatic N) is 2. The monoisotopic (exact) mass is 265 g/mol. The lowest BCUT2D eigenvalue weighted by Crippen LogP contribution is -2.36. The molecule has 1 amide bonds. The second-order valence-electron chi connectivity index (χ2n) is 6.16. The number of carbonyl (C=O) groups excluding carboxylic acids is 1. The van der Waals surface area contributed by atoms with Crippen molar-refractivity contribution in [1.29, 1.82) is 0 Å². The van der Waals surface area contributed by atoms with Crippen molar-refractivity contribution in [2.75, 3.05) is 35.2 Å². The summed E-state index contributed by atoms with van der Waals surface area (Å²) in [5, 5.41) is 0. The van der Waals surface area contributed by atoms with Crippen molar-refractivity contribution in [3.05, 3.63) is 23.8 Å². The number of hydrogen-bond donors (Lipinski definition) is 0. The highest BCUT2D eigenvalue weighted by atomic mass is 16.6. The second kappa shape index (κ2) is 5.61. The van der Waals surface area contributed by atoms with E-state index in [0.29, 0.717) is 16.2 Å². The highest BCUT2D eigenvalue weighted by molar-refractivity contribution is 5.73. The van der Waals surface area contributed by atoms with Gasteiger partial charge in [-0.3, -0.25) is 4.48 Å². The molecule has 0 saturated carbocycles. The predicted octanol–water partition coefficient (Wildman–Crippen LogP) is 3.07. The normalized spacial score (nSPS) is 11.6. The third-order valence-corrected chi connectivity index (χ3v) is 2.93. The molecule has 4 nitrogen and oxygen atoms in total. The fourth-order valence-corrected chi connectivity index (χ4v) is 1.69. The molecule has 19 heavy (non-hydrogen) atoms. The Bertz CT molecular complexity index is 460. The van der Waals surface area contributed by atoms with E-state index in [1.165, 1.54) is 10.5 Å². The maximum Gasteiger partial charge on any atom is 0.414 e. The minimum atomic E-state index is -0.355. The Balaban J connectivity index is 3.21. The van der Waals surface area contributed by atoms with Crippen molar-refractivity contribution < 1.29 is 9.53 Å². The zero-order chi connectivity index (χ0) is 14.8. The highest BCUT2D eigenvalue weighted by Crippen LogP contribution is 2.33. The molecular weight excluding hydrogens is 240 g/mol. The molecule has 106 valence electrons. The van der Waals surface area contributed by atoms with Gasteiger partial charge < -0.3 is 9.64 Å². The molecule has 1 aromatic carbocycles. The minimum Gasteiger partial charge on any atom is -0.404 e. The van der Waals surface area contributed by atoms with Crippen LogP contribution in [0.15, 0.2) is 18.2 Å². The number of rotatable bonds is 3. The van der Waals surface area contributed by atoms with Gasteiger partial charge in [0.2, 0.25) is 0 Å². The van der Waals surface area contributed by atoms with Crippen LogP contribution in [0.1, 0.15) is 25.3 Å². The molecule has 0 atom stereocenters. The van der Waals surface area contributed by atoms with E-state index in [0.717, 1.165) is 5.69 Å². The van der Waals surface area contributed by atoms with Crippen molar-refractivity contribution in [3.63, 3.8) is 0 Å². The Morgan fingerprint density at radius 3 is 2.21 bits per heavy atom. The third-order valence-electron chi connectivity index (χ3n) is 2.93. The average molecular weight is 265 g/mol. The molecule has 4 heteroatoms. The van der Waals surface area contributed by atoms with Crippen molar-refractivity contribution in [2.45, 2.75) is 19.8 Å². The first kappa shape index (κ1) is 15.5. The van der Waals surface area contributed by atoms with Crippen molar-refractivity contribution in [1.82, 2.24) is 9.38 Å². The molecule has 1 rings (SSSR count). The molecular formula is C15H25N2O2+. The summed E-state index contributed by atoms with van der Waals surface area (Å²) >= 11 is 0.